The van der Waals surface area contributed by atoms with Gasteiger partial charge in [0.2, 0.25) is 5.91 Å². The Morgan fingerprint density at radius 2 is 2.06 bits per heavy atom. The van der Waals surface area contributed by atoms with Crippen LogP contribution in [0.4, 0.5) is 0 Å². The van der Waals surface area contributed by atoms with Crippen molar-refractivity contribution in [3.63, 3.8) is 0 Å². The molecule has 0 radical (unpaired) electrons. The number of carbonyl (C=O) groups excluding carboxylic acids is 1. The van der Waals surface area contributed by atoms with Gasteiger partial charge in [0.15, 0.2) is 0 Å². The lowest BCUT2D eigenvalue weighted by molar-refractivity contribution is -0.138. The molecule has 1 unspecified atom stereocenters. The summed E-state index contributed by atoms with van der Waals surface area (Å²) in [5, 5.41) is 8.89. The Balaban J connectivity index is 2.22. The van der Waals surface area contributed by atoms with Crippen LogP contribution in [0.15, 0.2) is 0 Å². The first-order valence-electron chi connectivity index (χ1n) is 6.67. The van der Waals surface area contributed by atoms with Gasteiger partial charge in [-0.25, -0.2) is 0 Å². The van der Waals surface area contributed by atoms with E-state index < -0.39 is 0 Å². The van der Waals surface area contributed by atoms with Crippen LogP contribution in [0.25, 0.3) is 0 Å². The number of amides is 1. The molecular formula is C13H26N2O2. The highest BCUT2D eigenvalue weighted by molar-refractivity contribution is 5.77. The maximum atomic E-state index is 11.8. The van der Waals surface area contributed by atoms with E-state index >= 15 is 0 Å². The van der Waals surface area contributed by atoms with Gasteiger partial charge in [-0.05, 0) is 31.2 Å². The minimum atomic E-state index is 0.200. The Bertz CT molecular complexity index is 238. The van der Waals surface area contributed by atoms with Crippen molar-refractivity contribution >= 4 is 5.91 Å². The number of aliphatic hydroxyl groups excluding tert-OH is 1. The van der Waals surface area contributed by atoms with Crippen molar-refractivity contribution in [2.45, 2.75) is 33.1 Å². The van der Waals surface area contributed by atoms with Crippen molar-refractivity contribution in [3.05, 3.63) is 0 Å². The smallest absolute Gasteiger partial charge is 0.222 e. The van der Waals surface area contributed by atoms with E-state index in [2.05, 4.69) is 13.8 Å². The molecule has 17 heavy (non-hydrogen) atoms. The summed E-state index contributed by atoms with van der Waals surface area (Å²) in [5.41, 5.74) is 5.58. The topological polar surface area (TPSA) is 66.6 Å². The molecule has 0 aromatic heterocycles. The second-order valence-corrected chi connectivity index (χ2v) is 5.47. The number of carbonyl (C=O) groups is 1. The normalized spacial score (nSPS) is 18.3. The fraction of sp³-hybridized carbons (Fsp3) is 0.923. The highest BCUT2D eigenvalue weighted by atomic mass is 16.3. The van der Waals surface area contributed by atoms with Crippen LogP contribution in [0.5, 0.6) is 0 Å². The molecule has 4 nitrogen and oxygen atoms in total. The van der Waals surface area contributed by atoms with Crippen molar-refractivity contribution in [1.29, 1.82) is 0 Å². The molecular weight excluding hydrogens is 216 g/mol. The summed E-state index contributed by atoms with van der Waals surface area (Å²) in [5.74, 6) is 1.69. The predicted molar refractivity (Wildman–Crippen MR) is 68.4 cm³/mol. The van der Waals surface area contributed by atoms with E-state index in [9.17, 15) is 4.79 Å². The van der Waals surface area contributed by atoms with E-state index in [1.165, 1.54) is 0 Å². The molecule has 1 rings (SSSR count). The van der Waals surface area contributed by atoms with Gasteiger partial charge in [-0.15, -0.1) is 0 Å². The standard InChI is InChI=1S/C13H26N2O2/c1-10(2)12(5-6-14)3-4-13(17)15-7-11(8-15)9-16/h10-12,16H,3-9,14H2,1-2H3. The fourth-order valence-corrected chi connectivity index (χ4v) is 2.38. The zero-order chi connectivity index (χ0) is 12.8. The lowest BCUT2D eigenvalue weighted by Crippen LogP contribution is -2.51. The zero-order valence-corrected chi connectivity index (χ0v) is 11.1. The summed E-state index contributed by atoms with van der Waals surface area (Å²) in [6, 6.07) is 0. The number of likely N-dealkylation sites (tertiary alicyclic amines) is 1. The van der Waals surface area contributed by atoms with Crippen LogP contribution in [0.3, 0.4) is 0 Å². The van der Waals surface area contributed by atoms with Crippen molar-refractivity contribution in [1.82, 2.24) is 4.90 Å². The van der Waals surface area contributed by atoms with E-state index in [1.807, 2.05) is 4.90 Å². The van der Waals surface area contributed by atoms with Crippen LogP contribution in [0, 0.1) is 17.8 Å². The average molecular weight is 242 g/mol. The third-order valence-corrected chi connectivity index (χ3v) is 3.78. The highest BCUT2D eigenvalue weighted by Crippen LogP contribution is 2.22. The van der Waals surface area contributed by atoms with Gasteiger partial charge in [0.05, 0.1) is 0 Å². The summed E-state index contributed by atoms with van der Waals surface area (Å²) in [4.78, 5) is 13.7. The van der Waals surface area contributed by atoms with E-state index in [1.54, 1.807) is 0 Å². The molecule has 1 aliphatic rings. The second kappa shape index (κ2) is 6.97. The summed E-state index contributed by atoms with van der Waals surface area (Å²) < 4.78 is 0. The van der Waals surface area contributed by atoms with Crippen molar-refractivity contribution in [3.8, 4) is 0 Å². The lowest BCUT2D eigenvalue weighted by Gasteiger charge is -2.38. The Hall–Kier alpha value is -0.610. The molecule has 100 valence electrons. The second-order valence-electron chi connectivity index (χ2n) is 5.47. The van der Waals surface area contributed by atoms with E-state index in [4.69, 9.17) is 10.8 Å². The molecule has 1 aliphatic heterocycles. The van der Waals surface area contributed by atoms with Gasteiger partial charge in [0.1, 0.15) is 0 Å². The van der Waals surface area contributed by atoms with Crippen LogP contribution in [-0.2, 0) is 4.79 Å². The summed E-state index contributed by atoms with van der Waals surface area (Å²) in [6.07, 6.45) is 2.57. The van der Waals surface area contributed by atoms with Crippen LogP contribution in [-0.4, -0.2) is 42.2 Å². The monoisotopic (exact) mass is 242 g/mol. The van der Waals surface area contributed by atoms with Gasteiger partial charge >= 0.3 is 0 Å². The van der Waals surface area contributed by atoms with Crippen molar-refractivity contribution in [2.75, 3.05) is 26.2 Å². The van der Waals surface area contributed by atoms with Gasteiger partial charge in [0.25, 0.3) is 0 Å². The Kier molecular flexibility index (Phi) is 5.92. The van der Waals surface area contributed by atoms with Crippen LogP contribution < -0.4 is 5.73 Å². The Morgan fingerprint density at radius 3 is 2.53 bits per heavy atom. The molecule has 4 heteroatoms. The van der Waals surface area contributed by atoms with Crippen LogP contribution in [0.1, 0.15) is 33.1 Å². The average Bonchev–Trinajstić information content (AvgIpc) is 2.22. The SMILES string of the molecule is CC(C)C(CCN)CCC(=O)N1CC(CO)C1. The maximum absolute atomic E-state index is 11.8. The van der Waals surface area contributed by atoms with Gasteiger partial charge < -0.3 is 15.7 Å². The van der Waals surface area contributed by atoms with E-state index in [-0.39, 0.29) is 12.5 Å². The first-order valence-corrected chi connectivity index (χ1v) is 6.67. The minimum absolute atomic E-state index is 0.200. The Morgan fingerprint density at radius 1 is 1.41 bits per heavy atom. The first kappa shape index (κ1) is 14.5. The Labute approximate surface area is 104 Å². The summed E-state index contributed by atoms with van der Waals surface area (Å²) in [7, 11) is 0. The molecule has 1 saturated heterocycles. The predicted octanol–water partition coefficient (Wildman–Crippen LogP) is 0.838. The van der Waals surface area contributed by atoms with Gasteiger partial charge in [-0.2, -0.15) is 0 Å². The molecule has 1 heterocycles. The number of hydrogen-bond donors (Lipinski definition) is 2. The zero-order valence-electron chi connectivity index (χ0n) is 11.1. The van der Waals surface area contributed by atoms with E-state index in [0.717, 1.165) is 25.9 Å². The molecule has 3 N–H and O–H groups in total. The lowest BCUT2D eigenvalue weighted by atomic mass is 9.88. The van der Waals surface area contributed by atoms with E-state index in [0.29, 0.717) is 30.7 Å². The minimum Gasteiger partial charge on any atom is -0.396 e. The molecule has 1 atom stereocenters. The van der Waals surface area contributed by atoms with Crippen LogP contribution in [0.2, 0.25) is 0 Å². The molecule has 0 aromatic rings. The molecule has 0 spiro atoms. The van der Waals surface area contributed by atoms with Crippen molar-refractivity contribution in [2.24, 2.45) is 23.5 Å². The van der Waals surface area contributed by atoms with Crippen LogP contribution >= 0.6 is 0 Å². The summed E-state index contributed by atoms with van der Waals surface area (Å²) in [6.45, 7) is 6.75. The maximum Gasteiger partial charge on any atom is 0.222 e. The fourth-order valence-electron chi connectivity index (χ4n) is 2.38. The number of hydrogen-bond acceptors (Lipinski definition) is 3. The quantitative estimate of drug-likeness (QED) is 0.695. The third-order valence-electron chi connectivity index (χ3n) is 3.78. The van der Waals surface area contributed by atoms with Gasteiger partial charge in [-0.1, -0.05) is 13.8 Å². The molecule has 0 aliphatic carbocycles. The van der Waals surface area contributed by atoms with Crippen molar-refractivity contribution < 1.29 is 9.90 Å². The third kappa shape index (κ3) is 4.28. The number of nitrogens with zero attached hydrogens (tertiary/aromatic N) is 1. The summed E-state index contributed by atoms with van der Waals surface area (Å²) >= 11 is 0. The molecule has 1 amide bonds. The number of nitrogens with two attached hydrogens (primary N) is 1. The first-order chi connectivity index (χ1) is 8.08. The number of aliphatic hydroxyl groups is 1. The highest BCUT2D eigenvalue weighted by Gasteiger charge is 2.29. The molecule has 0 aromatic carbocycles. The van der Waals surface area contributed by atoms with Gasteiger partial charge in [0, 0.05) is 32.0 Å². The molecule has 0 saturated carbocycles. The van der Waals surface area contributed by atoms with Gasteiger partial charge in [-0.3, -0.25) is 4.79 Å². The molecule has 1 fully saturated rings. The largest absolute Gasteiger partial charge is 0.396 e. The number of rotatable bonds is 7. The molecule has 0 bridgehead atoms.